The summed E-state index contributed by atoms with van der Waals surface area (Å²) in [5.74, 6) is 0.0902. The van der Waals surface area contributed by atoms with Crippen molar-refractivity contribution in [3.8, 4) is 11.5 Å². The monoisotopic (exact) mass is 348 g/mol. The van der Waals surface area contributed by atoms with Gasteiger partial charge in [0.05, 0.1) is 30.9 Å². The summed E-state index contributed by atoms with van der Waals surface area (Å²) in [6.45, 7) is 2.44. The third kappa shape index (κ3) is 3.67. The number of rotatable bonds is 6. The first-order valence-electron chi connectivity index (χ1n) is 8.22. The largest absolute Gasteiger partial charge is 0.545 e. The molecule has 0 amide bonds. The number of hydrogen-bond donors (Lipinski definition) is 0. The third-order valence-corrected chi connectivity index (χ3v) is 3.89. The number of ether oxygens (including phenoxy) is 2. The maximum Gasteiger partial charge on any atom is 0.161 e. The maximum atomic E-state index is 11.4. The molecule has 2 aromatic carbocycles. The van der Waals surface area contributed by atoms with E-state index in [1.807, 2.05) is 37.3 Å². The SMILES string of the molecule is CCOc1cc(/C=C/c2cc(C(=O)[O-])c3ccccc3n2)ccc1OC. The summed E-state index contributed by atoms with van der Waals surface area (Å²) in [5.41, 5.74) is 2.16. The molecule has 5 heteroatoms. The molecule has 26 heavy (non-hydrogen) atoms. The molecule has 0 radical (unpaired) electrons. The van der Waals surface area contributed by atoms with Crippen LogP contribution < -0.4 is 14.6 Å². The maximum absolute atomic E-state index is 11.4. The number of methoxy groups -OCH3 is 1. The fourth-order valence-corrected chi connectivity index (χ4v) is 2.70. The zero-order chi connectivity index (χ0) is 18.5. The molecular formula is C21H18NO4-. The van der Waals surface area contributed by atoms with Crippen molar-refractivity contribution in [1.82, 2.24) is 4.98 Å². The number of carbonyl (C=O) groups excluding carboxylic acids is 1. The van der Waals surface area contributed by atoms with Gasteiger partial charge in [-0.3, -0.25) is 0 Å². The van der Waals surface area contributed by atoms with Crippen LogP contribution in [-0.4, -0.2) is 24.7 Å². The van der Waals surface area contributed by atoms with E-state index in [1.54, 1.807) is 31.4 Å². The molecule has 0 saturated carbocycles. The summed E-state index contributed by atoms with van der Waals surface area (Å²) in [7, 11) is 1.59. The van der Waals surface area contributed by atoms with Gasteiger partial charge in [-0.2, -0.15) is 0 Å². The van der Waals surface area contributed by atoms with E-state index in [2.05, 4.69) is 4.98 Å². The van der Waals surface area contributed by atoms with E-state index in [0.29, 0.717) is 34.7 Å². The number of pyridine rings is 1. The van der Waals surface area contributed by atoms with Crippen molar-refractivity contribution < 1.29 is 19.4 Å². The Labute approximate surface area is 151 Å². The number of benzene rings is 2. The molecule has 0 aliphatic heterocycles. The Morgan fingerprint density at radius 3 is 2.65 bits per heavy atom. The Morgan fingerprint density at radius 2 is 1.92 bits per heavy atom. The molecule has 0 atom stereocenters. The van der Waals surface area contributed by atoms with Gasteiger partial charge in [0.25, 0.3) is 0 Å². The molecule has 0 fully saturated rings. The minimum Gasteiger partial charge on any atom is -0.545 e. The van der Waals surface area contributed by atoms with Gasteiger partial charge < -0.3 is 19.4 Å². The van der Waals surface area contributed by atoms with Crippen molar-refractivity contribution >= 4 is 29.0 Å². The van der Waals surface area contributed by atoms with Crippen LogP contribution in [0.5, 0.6) is 11.5 Å². The highest BCUT2D eigenvalue weighted by Gasteiger charge is 2.06. The van der Waals surface area contributed by atoms with Gasteiger partial charge in [-0.15, -0.1) is 0 Å². The van der Waals surface area contributed by atoms with Crippen LogP contribution in [0.1, 0.15) is 28.5 Å². The standard InChI is InChI=1S/C21H19NO4/c1-3-26-20-12-14(9-11-19(20)25-2)8-10-15-13-17(21(23)24)16-6-4-5-7-18(16)22-15/h4-13H,3H2,1-2H3,(H,23,24)/p-1/b10-8+. The lowest BCUT2D eigenvalue weighted by Gasteiger charge is -2.10. The second kappa shape index (κ2) is 7.70. The number of fused-ring (bicyclic) bond motifs is 1. The quantitative estimate of drug-likeness (QED) is 0.684. The van der Waals surface area contributed by atoms with E-state index in [1.165, 1.54) is 6.07 Å². The zero-order valence-electron chi connectivity index (χ0n) is 14.6. The van der Waals surface area contributed by atoms with Crippen molar-refractivity contribution in [2.24, 2.45) is 0 Å². The van der Waals surface area contributed by atoms with Gasteiger partial charge in [-0.05, 0) is 42.8 Å². The minimum absolute atomic E-state index is 0.125. The van der Waals surface area contributed by atoms with Gasteiger partial charge in [0.1, 0.15) is 0 Å². The van der Waals surface area contributed by atoms with Crippen LogP contribution in [0.3, 0.4) is 0 Å². The molecule has 0 N–H and O–H groups in total. The van der Waals surface area contributed by atoms with Gasteiger partial charge in [0.15, 0.2) is 11.5 Å². The van der Waals surface area contributed by atoms with Crippen molar-refractivity contribution in [3.63, 3.8) is 0 Å². The minimum atomic E-state index is -1.22. The molecule has 3 rings (SSSR count). The fraction of sp³-hybridized carbons (Fsp3) is 0.143. The number of aromatic nitrogens is 1. The van der Waals surface area contributed by atoms with Gasteiger partial charge in [0.2, 0.25) is 0 Å². The summed E-state index contributed by atoms with van der Waals surface area (Å²) in [5, 5.41) is 12.0. The predicted octanol–water partition coefficient (Wildman–Crippen LogP) is 3.18. The highest BCUT2D eigenvalue weighted by Crippen LogP contribution is 2.29. The predicted molar refractivity (Wildman–Crippen MR) is 99.2 cm³/mol. The first kappa shape index (κ1) is 17.5. The van der Waals surface area contributed by atoms with E-state index < -0.39 is 5.97 Å². The Hall–Kier alpha value is -3.34. The van der Waals surface area contributed by atoms with E-state index in [9.17, 15) is 9.90 Å². The normalized spacial score (nSPS) is 11.0. The molecule has 0 aliphatic carbocycles. The molecule has 132 valence electrons. The zero-order valence-corrected chi connectivity index (χ0v) is 14.6. The van der Waals surface area contributed by atoms with Gasteiger partial charge in [-0.1, -0.05) is 30.3 Å². The van der Waals surface area contributed by atoms with Crippen LogP contribution in [0.2, 0.25) is 0 Å². The number of hydrogen-bond acceptors (Lipinski definition) is 5. The van der Waals surface area contributed by atoms with Crippen molar-refractivity contribution in [2.45, 2.75) is 6.92 Å². The average molecular weight is 348 g/mol. The first-order valence-corrected chi connectivity index (χ1v) is 8.22. The number of para-hydroxylation sites is 1. The number of carboxylic acids is 1. The molecule has 3 aromatic rings. The van der Waals surface area contributed by atoms with Crippen LogP contribution in [0.4, 0.5) is 0 Å². The van der Waals surface area contributed by atoms with Crippen molar-refractivity contribution in [2.75, 3.05) is 13.7 Å². The second-order valence-corrected chi connectivity index (χ2v) is 5.58. The van der Waals surface area contributed by atoms with Crippen molar-refractivity contribution in [1.29, 1.82) is 0 Å². The van der Waals surface area contributed by atoms with Crippen LogP contribution in [0.25, 0.3) is 23.1 Å². The number of carboxylic acid groups (broad SMARTS) is 1. The van der Waals surface area contributed by atoms with E-state index >= 15 is 0 Å². The molecule has 5 nitrogen and oxygen atoms in total. The Balaban J connectivity index is 1.98. The average Bonchev–Trinajstić information content (AvgIpc) is 2.66. The lowest BCUT2D eigenvalue weighted by molar-refractivity contribution is -0.254. The van der Waals surface area contributed by atoms with Crippen LogP contribution in [-0.2, 0) is 0 Å². The second-order valence-electron chi connectivity index (χ2n) is 5.58. The fourth-order valence-electron chi connectivity index (χ4n) is 2.70. The Kier molecular flexibility index (Phi) is 5.17. The lowest BCUT2D eigenvalue weighted by Crippen LogP contribution is -2.22. The topological polar surface area (TPSA) is 71.5 Å². The number of nitrogens with zero attached hydrogens (tertiary/aromatic N) is 1. The van der Waals surface area contributed by atoms with Crippen LogP contribution in [0, 0.1) is 0 Å². The molecule has 1 aromatic heterocycles. The van der Waals surface area contributed by atoms with Crippen LogP contribution >= 0.6 is 0 Å². The van der Waals surface area contributed by atoms with E-state index in [4.69, 9.17) is 9.47 Å². The summed E-state index contributed by atoms with van der Waals surface area (Å²) in [4.78, 5) is 15.9. The number of carbonyl (C=O) groups is 1. The molecule has 0 unspecified atom stereocenters. The van der Waals surface area contributed by atoms with Crippen molar-refractivity contribution in [3.05, 3.63) is 65.4 Å². The molecule has 0 saturated heterocycles. The molecule has 0 aliphatic rings. The van der Waals surface area contributed by atoms with Gasteiger partial charge >= 0.3 is 0 Å². The summed E-state index contributed by atoms with van der Waals surface area (Å²) in [6, 6.07) is 14.2. The Bertz CT molecular complexity index is 979. The molecule has 1 heterocycles. The van der Waals surface area contributed by atoms with E-state index in [-0.39, 0.29) is 5.56 Å². The molecule has 0 bridgehead atoms. The smallest absolute Gasteiger partial charge is 0.161 e. The highest BCUT2D eigenvalue weighted by molar-refractivity contribution is 6.02. The molecular weight excluding hydrogens is 330 g/mol. The Morgan fingerprint density at radius 1 is 1.12 bits per heavy atom. The molecule has 0 spiro atoms. The van der Waals surface area contributed by atoms with Crippen LogP contribution in [0.15, 0.2) is 48.5 Å². The van der Waals surface area contributed by atoms with Gasteiger partial charge in [0, 0.05) is 10.9 Å². The van der Waals surface area contributed by atoms with Gasteiger partial charge in [-0.25, -0.2) is 4.98 Å². The van der Waals surface area contributed by atoms with E-state index in [0.717, 1.165) is 5.56 Å². The third-order valence-electron chi connectivity index (χ3n) is 3.89. The highest BCUT2D eigenvalue weighted by atomic mass is 16.5. The summed E-state index contributed by atoms with van der Waals surface area (Å²) >= 11 is 0. The first-order chi connectivity index (χ1) is 12.6. The summed E-state index contributed by atoms with van der Waals surface area (Å²) < 4.78 is 10.8. The lowest BCUT2D eigenvalue weighted by atomic mass is 10.1. The number of aromatic carboxylic acids is 1. The summed E-state index contributed by atoms with van der Waals surface area (Å²) in [6.07, 6.45) is 3.61.